The third-order valence-electron chi connectivity index (χ3n) is 2.53. The van der Waals surface area contributed by atoms with E-state index < -0.39 is 12.1 Å². The molecule has 1 aromatic carbocycles. The van der Waals surface area contributed by atoms with Crippen molar-refractivity contribution in [3.63, 3.8) is 0 Å². The van der Waals surface area contributed by atoms with Gasteiger partial charge >= 0.3 is 5.97 Å². The predicted octanol–water partition coefficient (Wildman–Crippen LogP) is 4.18. The molecule has 7 heteroatoms. The molecule has 0 unspecified atom stereocenters. The number of esters is 1. The SMILES string of the molecule is O=C1O[C@H](CC(=O)c2ccc(Cl)c(Cl)c2)C(Cl)=C1Cl. The second kappa shape index (κ2) is 5.71. The molecule has 0 N–H and O–H groups in total. The van der Waals surface area contributed by atoms with Crippen molar-refractivity contribution >= 4 is 58.2 Å². The highest BCUT2D eigenvalue weighted by atomic mass is 35.5. The van der Waals surface area contributed by atoms with Crippen LogP contribution in [0.1, 0.15) is 16.8 Å². The zero-order valence-electron chi connectivity index (χ0n) is 9.25. The molecular formula is C12H6Cl4O3. The van der Waals surface area contributed by atoms with Gasteiger partial charge in [-0.05, 0) is 18.2 Å². The number of ketones is 1. The first kappa shape index (κ1) is 14.7. The van der Waals surface area contributed by atoms with Crippen molar-refractivity contribution in [3.05, 3.63) is 43.9 Å². The highest BCUT2D eigenvalue weighted by Gasteiger charge is 2.33. The van der Waals surface area contributed by atoms with Gasteiger partial charge in [0.2, 0.25) is 0 Å². The number of Topliss-reactive ketones (excluding diaryl/α,β-unsaturated/α-hetero) is 1. The zero-order valence-corrected chi connectivity index (χ0v) is 12.3. The van der Waals surface area contributed by atoms with Crippen LogP contribution in [-0.4, -0.2) is 17.9 Å². The number of halogens is 4. The van der Waals surface area contributed by atoms with Crippen LogP contribution in [0.15, 0.2) is 28.3 Å². The van der Waals surface area contributed by atoms with Crippen LogP contribution in [0.5, 0.6) is 0 Å². The van der Waals surface area contributed by atoms with E-state index >= 15 is 0 Å². The van der Waals surface area contributed by atoms with E-state index in [4.69, 9.17) is 51.1 Å². The number of carbonyl (C=O) groups excluding carboxylic acids is 2. The Labute approximate surface area is 129 Å². The number of carbonyl (C=O) groups is 2. The van der Waals surface area contributed by atoms with Crippen LogP contribution in [-0.2, 0) is 9.53 Å². The minimum Gasteiger partial charge on any atom is -0.452 e. The van der Waals surface area contributed by atoms with Crippen molar-refractivity contribution in [2.75, 3.05) is 0 Å². The molecule has 0 spiro atoms. The van der Waals surface area contributed by atoms with Crippen molar-refractivity contribution in [1.29, 1.82) is 0 Å². The van der Waals surface area contributed by atoms with E-state index in [0.29, 0.717) is 10.6 Å². The van der Waals surface area contributed by atoms with Gasteiger partial charge in [0, 0.05) is 5.56 Å². The molecule has 3 nitrogen and oxygen atoms in total. The summed E-state index contributed by atoms with van der Waals surface area (Å²) in [6, 6.07) is 4.50. The second-order valence-electron chi connectivity index (χ2n) is 3.81. The Morgan fingerprint density at radius 3 is 2.37 bits per heavy atom. The van der Waals surface area contributed by atoms with Gasteiger partial charge in [-0.15, -0.1) is 0 Å². The number of hydrogen-bond acceptors (Lipinski definition) is 3. The Kier molecular flexibility index (Phi) is 4.41. The third-order valence-corrected chi connectivity index (χ3v) is 4.16. The maximum atomic E-state index is 12.0. The van der Waals surface area contributed by atoms with Crippen molar-refractivity contribution < 1.29 is 14.3 Å². The van der Waals surface area contributed by atoms with Crippen LogP contribution in [0.4, 0.5) is 0 Å². The minimum atomic E-state index is -0.844. The maximum absolute atomic E-state index is 12.0. The number of cyclic esters (lactones) is 1. The minimum absolute atomic E-state index is 0.0417. The molecule has 100 valence electrons. The van der Waals surface area contributed by atoms with E-state index in [1.807, 2.05) is 0 Å². The number of rotatable bonds is 3. The molecule has 0 aromatic heterocycles. The van der Waals surface area contributed by atoms with Crippen LogP contribution in [0.3, 0.4) is 0 Å². The molecule has 0 amide bonds. The molecule has 2 rings (SSSR count). The number of hydrogen-bond donors (Lipinski definition) is 0. The molecule has 1 aliphatic rings. The van der Waals surface area contributed by atoms with Gasteiger partial charge in [-0.1, -0.05) is 46.4 Å². The Hall–Kier alpha value is -0.740. The first-order valence-corrected chi connectivity index (χ1v) is 6.65. The summed E-state index contributed by atoms with van der Waals surface area (Å²) in [6.07, 6.45) is -0.942. The smallest absolute Gasteiger partial charge is 0.351 e. The fraction of sp³-hybridized carbons (Fsp3) is 0.167. The maximum Gasteiger partial charge on any atom is 0.351 e. The Bertz CT molecular complexity index is 595. The normalized spacial score (nSPS) is 18.7. The van der Waals surface area contributed by atoms with Gasteiger partial charge in [0.15, 0.2) is 5.78 Å². The van der Waals surface area contributed by atoms with Crippen LogP contribution in [0.2, 0.25) is 10.0 Å². The van der Waals surface area contributed by atoms with Gasteiger partial charge in [0.05, 0.1) is 21.5 Å². The summed E-state index contributed by atoms with van der Waals surface area (Å²) in [4.78, 5) is 23.2. The summed E-state index contributed by atoms with van der Waals surface area (Å²) in [6.45, 7) is 0. The first-order chi connectivity index (χ1) is 8.90. The standard InChI is InChI=1S/C12H6Cl4O3/c13-6-2-1-5(3-7(6)14)8(17)4-9-10(15)11(16)12(18)19-9/h1-3,9H,4H2/t9-/m1/s1. The van der Waals surface area contributed by atoms with E-state index in [1.54, 1.807) is 0 Å². The molecular weight excluding hydrogens is 334 g/mol. The lowest BCUT2D eigenvalue weighted by molar-refractivity contribution is -0.138. The highest BCUT2D eigenvalue weighted by Crippen LogP contribution is 2.31. The largest absolute Gasteiger partial charge is 0.452 e. The van der Waals surface area contributed by atoms with Gasteiger partial charge < -0.3 is 4.74 Å². The van der Waals surface area contributed by atoms with Gasteiger partial charge in [-0.25, -0.2) is 4.79 Å². The van der Waals surface area contributed by atoms with E-state index in [9.17, 15) is 9.59 Å². The fourth-order valence-corrected chi connectivity index (χ4v) is 2.22. The average molecular weight is 340 g/mol. The summed E-state index contributed by atoms with van der Waals surface area (Å²) in [5.41, 5.74) is 0.359. The Morgan fingerprint density at radius 2 is 1.84 bits per heavy atom. The van der Waals surface area contributed by atoms with E-state index in [1.165, 1.54) is 18.2 Å². The average Bonchev–Trinajstić information content (AvgIpc) is 2.60. The molecule has 0 bridgehead atoms. The predicted molar refractivity (Wildman–Crippen MR) is 74.0 cm³/mol. The second-order valence-corrected chi connectivity index (χ2v) is 5.41. The lowest BCUT2D eigenvalue weighted by Gasteiger charge is -2.09. The Morgan fingerprint density at radius 1 is 1.16 bits per heavy atom. The van der Waals surface area contributed by atoms with Gasteiger partial charge in [0.25, 0.3) is 0 Å². The fourth-order valence-electron chi connectivity index (χ4n) is 1.56. The lowest BCUT2D eigenvalue weighted by Crippen LogP contribution is -2.15. The van der Waals surface area contributed by atoms with Gasteiger partial charge in [-0.2, -0.15) is 0 Å². The highest BCUT2D eigenvalue weighted by molar-refractivity contribution is 6.48. The molecule has 0 saturated heterocycles. The first-order valence-electron chi connectivity index (χ1n) is 5.14. The van der Waals surface area contributed by atoms with Gasteiger partial charge in [-0.3, -0.25) is 4.79 Å². The molecule has 0 fully saturated rings. The molecule has 1 aliphatic heterocycles. The third kappa shape index (κ3) is 3.06. The van der Waals surface area contributed by atoms with Crippen molar-refractivity contribution in [2.24, 2.45) is 0 Å². The molecule has 1 atom stereocenters. The van der Waals surface area contributed by atoms with Crippen LogP contribution in [0.25, 0.3) is 0 Å². The van der Waals surface area contributed by atoms with Crippen molar-refractivity contribution in [3.8, 4) is 0 Å². The van der Waals surface area contributed by atoms with Crippen LogP contribution in [0, 0.1) is 0 Å². The zero-order chi connectivity index (χ0) is 14.2. The summed E-state index contributed by atoms with van der Waals surface area (Å²) >= 11 is 23.0. The quantitative estimate of drug-likeness (QED) is 0.612. The number of ether oxygens (including phenoxy) is 1. The van der Waals surface area contributed by atoms with E-state index in [-0.39, 0.29) is 27.3 Å². The molecule has 0 radical (unpaired) electrons. The number of benzene rings is 1. The van der Waals surface area contributed by atoms with Gasteiger partial charge in [0.1, 0.15) is 11.1 Å². The molecule has 0 aliphatic carbocycles. The topological polar surface area (TPSA) is 43.4 Å². The molecule has 19 heavy (non-hydrogen) atoms. The van der Waals surface area contributed by atoms with Crippen LogP contribution < -0.4 is 0 Å². The molecule has 1 heterocycles. The molecule has 0 saturated carbocycles. The van der Waals surface area contributed by atoms with Crippen molar-refractivity contribution in [1.82, 2.24) is 0 Å². The van der Waals surface area contributed by atoms with Crippen molar-refractivity contribution in [2.45, 2.75) is 12.5 Å². The monoisotopic (exact) mass is 338 g/mol. The summed E-state index contributed by atoms with van der Waals surface area (Å²) in [7, 11) is 0. The molecule has 1 aromatic rings. The van der Waals surface area contributed by atoms with E-state index in [0.717, 1.165) is 0 Å². The lowest BCUT2D eigenvalue weighted by atomic mass is 10.1. The summed E-state index contributed by atoms with van der Waals surface area (Å²) in [5, 5.41) is 0.482. The van der Waals surface area contributed by atoms with Crippen LogP contribution >= 0.6 is 46.4 Å². The Balaban J connectivity index is 2.14. The summed E-state index contributed by atoms with van der Waals surface area (Å²) < 4.78 is 4.88. The van der Waals surface area contributed by atoms with E-state index in [2.05, 4.69) is 0 Å². The summed E-state index contributed by atoms with van der Waals surface area (Å²) in [5.74, 6) is -1.00.